The van der Waals surface area contributed by atoms with Crippen LogP contribution in [0.15, 0.2) is 10.7 Å². The molecule has 1 spiro atoms. The maximum atomic E-state index is 11.7. The lowest BCUT2D eigenvalue weighted by Crippen LogP contribution is -2.26. The Kier molecular flexibility index (Phi) is 3.21. The molecule has 19 heavy (non-hydrogen) atoms. The van der Waals surface area contributed by atoms with Crippen LogP contribution in [0.2, 0.25) is 5.02 Å². The van der Waals surface area contributed by atoms with Gasteiger partial charge >= 0.3 is 5.97 Å². The molecule has 1 fully saturated rings. The summed E-state index contributed by atoms with van der Waals surface area (Å²) in [6.07, 6.45) is 4.26. The molecule has 102 valence electrons. The fourth-order valence-electron chi connectivity index (χ4n) is 3.31. The normalized spacial score (nSPS) is 28.3. The number of carbonyl (C=O) groups is 1. The highest BCUT2D eigenvalue weighted by molar-refractivity contribution is 9.10. The Hall–Kier alpha value is -0.810. The molecule has 2 aliphatic rings. The first-order chi connectivity index (χ1) is 9.07. The molecule has 1 saturated carbocycles. The Labute approximate surface area is 125 Å². The van der Waals surface area contributed by atoms with Gasteiger partial charge in [0.25, 0.3) is 0 Å². The van der Waals surface area contributed by atoms with Crippen LogP contribution in [0, 0.1) is 5.92 Å². The number of rotatable bonds is 1. The Morgan fingerprint density at radius 2 is 2.47 bits per heavy atom. The number of pyridine rings is 1. The summed E-state index contributed by atoms with van der Waals surface area (Å²) in [6.45, 7) is 0.791. The molecule has 3 rings (SSSR count). The van der Waals surface area contributed by atoms with Crippen molar-refractivity contribution in [3.05, 3.63) is 21.3 Å². The number of fused-ring (bicyclic) bond motifs is 2. The molecule has 2 heterocycles. The standard InChI is InChI=1S/C13H14BrClN2O2/c1-19-12(18)7-2-3-13(4-7)6-17-11-9(13)10(15)8(14)5-16-11/h5,7H,2-4,6H2,1H3,(H,16,17)/t7-,13+/m1/s1. The number of anilines is 1. The van der Waals surface area contributed by atoms with Crippen LogP contribution in [0.4, 0.5) is 5.82 Å². The van der Waals surface area contributed by atoms with Crippen molar-refractivity contribution in [3.8, 4) is 0 Å². The van der Waals surface area contributed by atoms with Crippen molar-refractivity contribution in [2.24, 2.45) is 5.92 Å². The van der Waals surface area contributed by atoms with Gasteiger partial charge in [-0.05, 0) is 35.2 Å². The summed E-state index contributed by atoms with van der Waals surface area (Å²) in [6, 6.07) is 0. The molecule has 0 saturated heterocycles. The molecule has 0 unspecified atom stereocenters. The lowest BCUT2D eigenvalue weighted by molar-refractivity contribution is -0.145. The molecule has 4 nitrogen and oxygen atoms in total. The number of methoxy groups -OCH3 is 1. The fourth-order valence-corrected chi connectivity index (χ4v) is 3.95. The van der Waals surface area contributed by atoms with Crippen molar-refractivity contribution < 1.29 is 9.53 Å². The number of nitrogens with one attached hydrogen (secondary N) is 1. The summed E-state index contributed by atoms with van der Waals surface area (Å²) < 4.78 is 5.66. The molecule has 1 aliphatic heterocycles. The largest absolute Gasteiger partial charge is 0.469 e. The Balaban J connectivity index is 1.99. The van der Waals surface area contributed by atoms with E-state index in [0.29, 0.717) is 5.02 Å². The first kappa shape index (κ1) is 13.2. The summed E-state index contributed by atoms with van der Waals surface area (Å²) in [5.74, 6) is 0.691. The third-order valence-corrected chi connectivity index (χ3v) is 5.46. The van der Waals surface area contributed by atoms with E-state index < -0.39 is 0 Å². The van der Waals surface area contributed by atoms with Gasteiger partial charge in [-0.2, -0.15) is 0 Å². The van der Waals surface area contributed by atoms with E-state index in [4.69, 9.17) is 16.3 Å². The zero-order valence-electron chi connectivity index (χ0n) is 10.5. The summed E-state index contributed by atoms with van der Waals surface area (Å²) in [5, 5.41) is 4.02. The lowest BCUT2D eigenvalue weighted by atomic mass is 9.80. The highest BCUT2D eigenvalue weighted by atomic mass is 79.9. The van der Waals surface area contributed by atoms with E-state index >= 15 is 0 Å². The predicted molar refractivity (Wildman–Crippen MR) is 76.5 cm³/mol. The second-order valence-electron chi connectivity index (χ2n) is 5.24. The van der Waals surface area contributed by atoms with Gasteiger partial charge in [0.2, 0.25) is 0 Å². The van der Waals surface area contributed by atoms with Crippen molar-refractivity contribution >= 4 is 39.3 Å². The summed E-state index contributed by atoms with van der Waals surface area (Å²) in [7, 11) is 1.44. The molecule has 1 N–H and O–H groups in total. The van der Waals surface area contributed by atoms with Gasteiger partial charge in [0.15, 0.2) is 0 Å². The Bertz CT molecular complexity index is 552. The summed E-state index contributed by atoms with van der Waals surface area (Å²) in [4.78, 5) is 16.1. The van der Waals surface area contributed by atoms with Gasteiger partial charge in [-0.1, -0.05) is 11.6 Å². The van der Waals surface area contributed by atoms with Crippen molar-refractivity contribution in [2.45, 2.75) is 24.7 Å². The number of hydrogen-bond donors (Lipinski definition) is 1. The van der Waals surface area contributed by atoms with E-state index in [9.17, 15) is 4.79 Å². The minimum absolute atomic E-state index is 0.0344. The number of ether oxygens (including phenoxy) is 1. The van der Waals surface area contributed by atoms with E-state index in [-0.39, 0.29) is 17.3 Å². The monoisotopic (exact) mass is 344 g/mol. The van der Waals surface area contributed by atoms with Crippen molar-refractivity contribution in [2.75, 3.05) is 19.0 Å². The van der Waals surface area contributed by atoms with Crippen LogP contribution >= 0.6 is 27.5 Å². The zero-order valence-corrected chi connectivity index (χ0v) is 12.8. The molecule has 0 aromatic carbocycles. The number of nitrogens with zero attached hydrogens (tertiary/aromatic N) is 1. The lowest BCUT2D eigenvalue weighted by Gasteiger charge is -2.24. The number of aromatic nitrogens is 1. The van der Waals surface area contributed by atoms with E-state index in [0.717, 1.165) is 41.7 Å². The molecular formula is C13H14BrClN2O2. The van der Waals surface area contributed by atoms with Gasteiger partial charge in [0.1, 0.15) is 5.82 Å². The predicted octanol–water partition coefficient (Wildman–Crippen LogP) is 3.13. The van der Waals surface area contributed by atoms with Crippen molar-refractivity contribution in [1.29, 1.82) is 0 Å². The minimum atomic E-state index is -0.121. The maximum absolute atomic E-state index is 11.7. The van der Waals surface area contributed by atoms with Gasteiger partial charge in [-0.25, -0.2) is 4.98 Å². The zero-order chi connectivity index (χ0) is 13.6. The molecule has 2 atom stereocenters. The number of esters is 1. The van der Waals surface area contributed by atoms with Crippen LogP contribution < -0.4 is 5.32 Å². The van der Waals surface area contributed by atoms with Crippen LogP contribution in [0.3, 0.4) is 0 Å². The van der Waals surface area contributed by atoms with Crippen molar-refractivity contribution in [1.82, 2.24) is 4.98 Å². The molecular weight excluding hydrogens is 332 g/mol. The minimum Gasteiger partial charge on any atom is -0.469 e. The van der Waals surface area contributed by atoms with Gasteiger partial charge in [-0.15, -0.1) is 0 Å². The second-order valence-corrected chi connectivity index (χ2v) is 6.47. The first-order valence-electron chi connectivity index (χ1n) is 6.23. The molecule has 0 bridgehead atoms. The third kappa shape index (κ3) is 1.94. The highest BCUT2D eigenvalue weighted by Crippen LogP contribution is 2.53. The Morgan fingerprint density at radius 1 is 1.68 bits per heavy atom. The van der Waals surface area contributed by atoms with Gasteiger partial charge in [0, 0.05) is 23.7 Å². The van der Waals surface area contributed by atoms with E-state index in [1.165, 1.54) is 7.11 Å². The Morgan fingerprint density at radius 3 is 3.21 bits per heavy atom. The molecule has 1 aromatic heterocycles. The average Bonchev–Trinajstić information content (AvgIpc) is 3.00. The quantitative estimate of drug-likeness (QED) is 0.795. The van der Waals surface area contributed by atoms with Crippen LogP contribution in [-0.2, 0) is 14.9 Å². The molecule has 1 aliphatic carbocycles. The summed E-state index contributed by atoms with van der Waals surface area (Å²) >= 11 is 9.85. The molecule has 0 radical (unpaired) electrons. The van der Waals surface area contributed by atoms with Crippen LogP contribution in [0.5, 0.6) is 0 Å². The molecule has 0 amide bonds. The average molecular weight is 346 g/mol. The maximum Gasteiger partial charge on any atom is 0.308 e. The van der Waals surface area contributed by atoms with Gasteiger partial charge in [-0.3, -0.25) is 4.79 Å². The fraction of sp³-hybridized carbons (Fsp3) is 0.538. The second kappa shape index (κ2) is 4.63. The topological polar surface area (TPSA) is 51.2 Å². The SMILES string of the molecule is COC(=O)[C@@H]1CC[C@@]2(CNc3ncc(Br)c(Cl)c32)C1. The van der Waals surface area contributed by atoms with E-state index in [1.807, 2.05) is 0 Å². The van der Waals surface area contributed by atoms with E-state index in [1.54, 1.807) is 6.20 Å². The van der Waals surface area contributed by atoms with Crippen LogP contribution in [0.1, 0.15) is 24.8 Å². The van der Waals surface area contributed by atoms with Gasteiger partial charge in [0.05, 0.1) is 22.5 Å². The molecule has 1 aromatic rings. The highest BCUT2D eigenvalue weighted by Gasteiger charge is 2.49. The number of hydrogen-bond acceptors (Lipinski definition) is 4. The van der Waals surface area contributed by atoms with Gasteiger partial charge < -0.3 is 10.1 Å². The van der Waals surface area contributed by atoms with Crippen molar-refractivity contribution in [3.63, 3.8) is 0 Å². The number of halogens is 2. The summed E-state index contributed by atoms with van der Waals surface area (Å²) in [5.41, 5.74) is 0.970. The smallest absolute Gasteiger partial charge is 0.308 e. The molecule has 6 heteroatoms. The van der Waals surface area contributed by atoms with E-state index in [2.05, 4.69) is 26.2 Å². The van der Waals surface area contributed by atoms with Crippen LogP contribution in [0.25, 0.3) is 0 Å². The first-order valence-corrected chi connectivity index (χ1v) is 7.41. The third-order valence-electron chi connectivity index (χ3n) is 4.24. The number of carbonyl (C=O) groups excluding carboxylic acids is 1. The van der Waals surface area contributed by atoms with Crippen LogP contribution in [-0.4, -0.2) is 24.6 Å².